The first kappa shape index (κ1) is 24.7. The molecule has 12 heteroatoms. The Morgan fingerprint density at radius 2 is 1.81 bits per heavy atom. The van der Waals surface area contributed by atoms with Crippen molar-refractivity contribution >= 4 is 34.8 Å². The number of nitrogens with one attached hydrogen (secondary N) is 3. The molecule has 0 bridgehead atoms. The number of nitrogens with two attached hydrogens (primary N) is 1. The Balaban J connectivity index is 0.00000363. The minimum absolute atomic E-state index is 0. The number of aromatic nitrogens is 3. The Morgan fingerprint density at radius 1 is 1.12 bits per heavy atom. The zero-order valence-corrected chi connectivity index (χ0v) is 17.3. The predicted molar refractivity (Wildman–Crippen MR) is 111 cm³/mol. The van der Waals surface area contributed by atoms with Crippen molar-refractivity contribution in [1.29, 1.82) is 0 Å². The van der Waals surface area contributed by atoms with Crippen LogP contribution in [0, 0.1) is 0 Å². The monoisotopic (exact) mass is 434 g/mol. The van der Waals surface area contributed by atoms with Gasteiger partial charge in [0.15, 0.2) is 0 Å². The van der Waals surface area contributed by atoms with E-state index in [0.29, 0.717) is 23.9 Å². The van der Waals surface area contributed by atoms with Gasteiger partial charge in [-0.25, -0.2) is 4.79 Å². The number of rotatable bonds is 9. The molecule has 0 fully saturated rings. The Labute approximate surface area is 193 Å². The number of carboxylic acid groups (broad SMARTS) is 2. The van der Waals surface area contributed by atoms with E-state index in [1.807, 2.05) is 0 Å². The van der Waals surface area contributed by atoms with E-state index < -0.39 is 23.9 Å². The zero-order chi connectivity index (χ0) is 22.5. The molecule has 1 aromatic carbocycles. The summed E-state index contributed by atoms with van der Waals surface area (Å²) in [6.45, 7) is 0. The van der Waals surface area contributed by atoms with E-state index in [0.717, 1.165) is 11.1 Å². The Kier molecular flexibility index (Phi) is 8.23. The number of nitrogens with zero attached hydrogens (tertiary/aromatic N) is 1. The van der Waals surface area contributed by atoms with Gasteiger partial charge in [-0.15, -0.1) is 0 Å². The molecule has 0 aliphatic rings. The molecular formula is C20H21LiN5O6+. The molecule has 3 aromatic rings. The SMILES string of the molecule is Nc1nc2[nH]cc(CCc3ccc(C(=O)N[C@@H](CCC(=O)O)C(=O)O)cc3)c2c(=O)[nH]1.[Li+]. The maximum atomic E-state index is 12.3. The summed E-state index contributed by atoms with van der Waals surface area (Å²) in [6, 6.07) is 5.30. The van der Waals surface area contributed by atoms with Crippen molar-refractivity contribution in [2.45, 2.75) is 31.7 Å². The second-order valence-electron chi connectivity index (χ2n) is 6.98. The van der Waals surface area contributed by atoms with Gasteiger partial charge in [0.05, 0.1) is 5.39 Å². The zero-order valence-electron chi connectivity index (χ0n) is 17.3. The van der Waals surface area contributed by atoms with Crippen LogP contribution < -0.4 is 35.5 Å². The maximum Gasteiger partial charge on any atom is 1.00 e. The van der Waals surface area contributed by atoms with Crippen LogP contribution in [0.3, 0.4) is 0 Å². The van der Waals surface area contributed by atoms with Crippen LogP contribution in [0.4, 0.5) is 5.95 Å². The summed E-state index contributed by atoms with van der Waals surface area (Å²) in [7, 11) is 0. The third-order valence-corrected chi connectivity index (χ3v) is 4.79. The van der Waals surface area contributed by atoms with Crippen molar-refractivity contribution < 1.29 is 43.5 Å². The number of aliphatic carboxylic acids is 2. The normalized spacial score (nSPS) is 11.5. The van der Waals surface area contributed by atoms with Crippen LogP contribution >= 0.6 is 0 Å². The van der Waals surface area contributed by atoms with Gasteiger partial charge in [-0.05, 0) is 42.5 Å². The number of aromatic amines is 2. The van der Waals surface area contributed by atoms with Crippen LogP contribution in [-0.4, -0.2) is 49.1 Å². The van der Waals surface area contributed by atoms with Gasteiger partial charge in [-0.2, -0.15) is 4.98 Å². The third kappa shape index (κ3) is 6.00. The average molecular weight is 434 g/mol. The predicted octanol–water partition coefficient (Wildman–Crippen LogP) is -2.33. The number of carbonyl (C=O) groups excluding carboxylic acids is 1. The number of benzene rings is 1. The van der Waals surface area contributed by atoms with Crippen molar-refractivity contribution in [1.82, 2.24) is 20.3 Å². The van der Waals surface area contributed by atoms with E-state index in [1.165, 1.54) is 0 Å². The molecule has 1 atom stereocenters. The van der Waals surface area contributed by atoms with E-state index >= 15 is 0 Å². The van der Waals surface area contributed by atoms with Gasteiger partial charge in [0.2, 0.25) is 5.95 Å². The molecule has 2 aromatic heterocycles. The number of fused-ring (bicyclic) bond motifs is 1. The first-order valence-corrected chi connectivity index (χ1v) is 9.44. The minimum Gasteiger partial charge on any atom is -0.481 e. The number of nitrogen functional groups attached to an aromatic ring is 1. The summed E-state index contributed by atoms with van der Waals surface area (Å²) in [5, 5.41) is 20.6. The summed E-state index contributed by atoms with van der Waals surface area (Å²) >= 11 is 0. The second kappa shape index (κ2) is 10.7. The van der Waals surface area contributed by atoms with Crippen molar-refractivity contribution in [3.05, 3.63) is 57.5 Å². The molecule has 7 N–H and O–H groups in total. The van der Waals surface area contributed by atoms with E-state index in [4.69, 9.17) is 15.9 Å². The van der Waals surface area contributed by atoms with E-state index in [9.17, 15) is 19.2 Å². The third-order valence-electron chi connectivity index (χ3n) is 4.79. The van der Waals surface area contributed by atoms with Gasteiger partial charge in [-0.1, -0.05) is 12.1 Å². The Bertz CT molecular complexity index is 1190. The summed E-state index contributed by atoms with van der Waals surface area (Å²) < 4.78 is 0. The quantitative estimate of drug-likeness (QED) is 0.202. The van der Waals surface area contributed by atoms with Crippen molar-refractivity contribution in [3.8, 4) is 0 Å². The molecule has 1 amide bonds. The van der Waals surface area contributed by atoms with Gasteiger partial charge in [0, 0.05) is 18.2 Å². The largest absolute Gasteiger partial charge is 1.00 e. The summed E-state index contributed by atoms with van der Waals surface area (Å²) in [5.41, 5.74) is 7.59. The number of anilines is 1. The van der Waals surface area contributed by atoms with Crippen LogP contribution in [0.2, 0.25) is 0 Å². The number of amides is 1. The number of H-pyrrole nitrogens is 2. The van der Waals surface area contributed by atoms with Crippen LogP contribution in [0.1, 0.15) is 34.3 Å². The number of aryl methyl sites for hydroxylation is 2. The fraction of sp³-hybridized carbons (Fsp3) is 0.250. The van der Waals surface area contributed by atoms with E-state index in [2.05, 4.69) is 20.3 Å². The van der Waals surface area contributed by atoms with Crippen molar-refractivity contribution in [2.75, 3.05) is 5.73 Å². The van der Waals surface area contributed by atoms with Crippen LogP contribution in [-0.2, 0) is 22.4 Å². The van der Waals surface area contributed by atoms with Crippen LogP contribution in [0.5, 0.6) is 0 Å². The molecule has 32 heavy (non-hydrogen) atoms. The maximum absolute atomic E-state index is 12.3. The minimum atomic E-state index is -1.30. The van der Waals surface area contributed by atoms with Gasteiger partial charge in [0.25, 0.3) is 11.5 Å². The molecule has 0 saturated heterocycles. The Morgan fingerprint density at radius 3 is 2.44 bits per heavy atom. The topological polar surface area (TPSA) is 191 Å². The summed E-state index contributed by atoms with van der Waals surface area (Å²) in [4.78, 5) is 55.7. The molecule has 0 unspecified atom stereocenters. The van der Waals surface area contributed by atoms with Crippen LogP contribution in [0.25, 0.3) is 11.0 Å². The van der Waals surface area contributed by atoms with Gasteiger partial charge >= 0.3 is 30.8 Å². The smallest absolute Gasteiger partial charge is 0.481 e. The fourth-order valence-electron chi connectivity index (χ4n) is 3.19. The first-order valence-electron chi connectivity index (χ1n) is 9.44. The van der Waals surface area contributed by atoms with E-state index in [1.54, 1.807) is 30.5 Å². The standard InChI is InChI=1S/C20H21N5O6.Li/c21-20-24-16-15(18(29)25-20)12(9-22-16)6-3-10-1-4-11(5-2-10)17(28)23-13(19(30)31)7-8-14(26)27;/h1-2,4-5,9,13H,3,6-8H2,(H,23,28)(H,26,27)(H,30,31)(H4,21,22,24,25,29);/q;+1/t13-;/m0./s1. The van der Waals surface area contributed by atoms with Crippen molar-refractivity contribution in [3.63, 3.8) is 0 Å². The molecule has 2 heterocycles. The molecule has 0 aliphatic carbocycles. The Hall–Kier alpha value is -3.55. The fourth-order valence-corrected chi connectivity index (χ4v) is 3.19. The molecule has 11 nitrogen and oxygen atoms in total. The average Bonchev–Trinajstić information content (AvgIpc) is 3.12. The summed E-state index contributed by atoms with van der Waals surface area (Å²) in [6.07, 6.45) is 2.27. The molecule has 162 valence electrons. The number of hydrogen-bond acceptors (Lipinski definition) is 6. The first-order chi connectivity index (χ1) is 14.7. The molecule has 0 radical (unpaired) electrons. The van der Waals surface area contributed by atoms with E-state index in [-0.39, 0.29) is 48.8 Å². The molecular weight excluding hydrogens is 413 g/mol. The number of hydrogen-bond donors (Lipinski definition) is 6. The number of carbonyl (C=O) groups is 3. The van der Waals surface area contributed by atoms with Gasteiger partial charge < -0.3 is 26.2 Å². The van der Waals surface area contributed by atoms with Crippen LogP contribution in [0.15, 0.2) is 35.3 Å². The second-order valence-corrected chi connectivity index (χ2v) is 6.98. The van der Waals surface area contributed by atoms with Crippen molar-refractivity contribution in [2.24, 2.45) is 0 Å². The molecule has 0 spiro atoms. The number of carboxylic acids is 2. The summed E-state index contributed by atoms with van der Waals surface area (Å²) in [5.74, 6) is -3.00. The molecule has 0 aliphatic heterocycles. The molecule has 0 saturated carbocycles. The van der Waals surface area contributed by atoms with Gasteiger partial charge in [-0.3, -0.25) is 19.4 Å². The molecule has 3 rings (SSSR count). The van der Waals surface area contributed by atoms with Gasteiger partial charge in [0.1, 0.15) is 11.7 Å².